The summed E-state index contributed by atoms with van der Waals surface area (Å²) in [6.45, 7) is 0.738. The standard InChI is InChI=1S/C22H20N2/c23-16-19-10-7-11-20(14-19)17-24-22(21-12-5-2-6-13-21)15-18-8-3-1-4-9-18/h1-14,22,24H,15,17H2/t22-/m0/s1. The number of nitrogens with one attached hydrogen (secondary N) is 1. The van der Waals surface area contributed by atoms with Crippen LogP contribution >= 0.6 is 0 Å². The van der Waals surface area contributed by atoms with Crippen LogP contribution in [0.5, 0.6) is 0 Å². The quantitative estimate of drug-likeness (QED) is 0.720. The fourth-order valence-corrected chi connectivity index (χ4v) is 2.83. The summed E-state index contributed by atoms with van der Waals surface area (Å²) in [7, 11) is 0. The fraction of sp³-hybridized carbons (Fsp3) is 0.136. The maximum absolute atomic E-state index is 9.04. The van der Waals surface area contributed by atoms with Crippen LogP contribution in [0.15, 0.2) is 84.9 Å². The van der Waals surface area contributed by atoms with E-state index in [-0.39, 0.29) is 6.04 Å². The molecule has 0 saturated carbocycles. The Morgan fingerprint density at radius 3 is 2.17 bits per heavy atom. The van der Waals surface area contributed by atoms with Crippen molar-refractivity contribution in [2.24, 2.45) is 0 Å². The molecule has 0 aliphatic heterocycles. The number of rotatable bonds is 6. The molecule has 2 nitrogen and oxygen atoms in total. The van der Waals surface area contributed by atoms with Crippen molar-refractivity contribution in [3.05, 3.63) is 107 Å². The van der Waals surface area contributed by atoms with Gasteiger partial charge in [0, 0.05) is 12.6 Å². The molecule has 0 heterocycles. The average molecular weight is 312 g/mol. The summed E-state index contributed by atoms with van der Waals surface area (Å²) in [5.41, 5.74) is 4.42. The Morgan fingerprint density at radius 2 is 1.46 bits per heavy atom. The first-order chi connectivity index (χ1) is 11.8. The maximum atomic E-state index is 9.04. The maximum Gasteiger partial charge on any atom is 0.0991 e. The van der Waals surface area contributed by atoms with Crippen molar-refractivity contribution in [3.8, 4) is 6.07 Å². The third-order valence-corrected chi connectivity index (χ3v) is 4.09. The molecular weight excluding hydrogens is 292 g/mol. The highest BCUT2D eigenvalue weighted by atomic mass is 14.9. The van der Waals surface area contributed by atoms with E-state index in [1.54, 1.807) is 0 Å². The van der Waals surface area contributed by atoms with Crippen molar-refractivity contribution in [3.63, 3.8) is 0 Å². The average Bonchev–Trinajstić information content (AvgIpc) is 2.67. The monoisotopic (exact) mass is 312 g/mol. The van der Waals surface area contributed by atoms with Gasteiger partial charge in [0.2, 0.25) is 0 Å². The molecule has 24 heavy (non-hydrogen) atoms. The Kier molecular flexibility index (Phi) is 5.40. The molecule has 0 bridgehead atoms. The summed E-state index contributed by atoms with van der Waals surface area (Å²) in [4.78, 5) is 0. The van der Waals surface area contributed by atoms with Crippen molar-refractivity contribution in [2.45, 2.75) is 19.0 Å². The Bertz CT molecular complexity index is 804. The van der Waals surface area contributed by atoms with Gasteiger partial charge in [-0.05, 0) is 35.2 Å². The number of nitriles is 1. The second-order valence-corrected chi connectivity index (χ2v) is 5.85. The van der Waals surface area contributed by atoms with Crippen LogP contribution in [0, 0.1) is 11.3 Å². The minimum Gasteiger partial charge on any atom is -0.306 e. The lowest BCUT2D eigenvalue weighted by Crippen LogP contribution is -2.23. The molecule has 0 amide bonds. The van der Waals surface area contributed by atoms with E-state index in [0.29, 0.717) is 5.56 Å². The van der Waals surface area contributed by atoms with Gasteiger partial charge < -0.3 is 5.32 Å². The third kappa shape index (κ3) is 4.32. The number of hydrogen-bond donors (Lipinski definition) is 1. The van der Waals surface area contributed by atoms with Gasteiger partial charge >= 0.3 is 0 Å². The summed E-state index contributed by atoms with van der Waals surface area (Å²) < 4.78 is 0. The second kappa shape index (κ2) is 8.10. The molecule has 1 atom stereocenters. The van der Waals surface area contributed by atoms with Crippen LogP contribution in [-0.2, 0) is 13.0 Å². The van der Waals surface area contributed by atoms with E-state index in [4.69, 9.17) is 5.26 Å². The molecular formula is C22H20N2. The molecule has 0 aliphatic rings. The first kappa shape index (κ1) is 16.0. The van der Waals surface area contributed by atoms with Crippen LogP contribution in [0.3, 0.4) is 0 Å². The van der Waals surface area contributed by atoms with Gasteiger partial charge in [-0.1, -0.05) is 72.8 Å². The van der Waals surface area contributed by atoms with Crippen molar-refractivity contribution < 1.29 is 0 Å². The van der Waals surface area contributed by atoms with Gasteiger partial charge in [-0.25, -0.2) is 0 Å². The van der Waals surface area contributed by atoms with Crippen molar-refractivity contribution >= 4 is 0 Å². The molecule has 2 heteroatoms. The van der Waals surface area contributed by atoms with Gasteiger partial charge in [0.1, 0.15) is 0 Å². The highest BCUT2D eigenvalue weighted by Gasteiger charge is 2.11. The lowest BCUT2D eigenvalue weighted by Gasteiger charge is -2.20. The summed E-state index contributed by atoms with van der Waals surface area (Å²) in [6.07, 6.45) is 0.933. The zero-order valence-corrected chi connectivity index (χ0v) is 13.5. The van der Waals surface area contributed by atoms with E-state index in [0.717, 1.165) is 18.5 Å². The van der Waals surface area contributed by atoms with Gasteiger partial charge in [-0.15, -0.1) is 0 Å². The van der Waals surface area contributed by atoms with Gasteiger partial charge in [0.05, 0.1) is 11.6 Å². The Morgan fingerprint density at radius 1 is 0.792 bits per heavy atom. The first-order valence-corrected chi connectivity index (χ1v) is 8.16. The normalized spacial score (nSPS) is 11.6. The Labute approximate surface area is 143 Å². The zero-order valence-electron chi connectivity index (χ0n) is 13.5. The molecule has 3 rings (SSSR count). The highest BCUT2D eigenvalue weighted by molar-refractivity contribution is 5.33. The van der Waals surface area contributed by atoms with E-state index in [9.17, 15) is 0 Å². The fourth-order valence-electron chi connectivity index (χ4n) is 2.83. The van der Waals surface area contributed by atoms with Gasteiger partial charge in [-0.3, -0.25) is 0 Å². The summed E-state index contributed by atoms with van der Waals surface area (Å²) in [5.74, 6) is 0. The van der Waals surface area contributed by atoms with Crippen LogP contribution in [-0.4, -0.2) is 0 Å². The molecule has 1 N–H and O–H groups in total. The molecule has 0 unspecified atom stereocenters. The zero-order chi connectivity index (χ0) is 16.6. The van der Waals surface area contributed by atoms with Gasteiger partial charge in [-0.2, -0.15) is 5.26 Å². The van der Waals surface area contributed by atoms with E-state index < -0.39 is 0 Å². The lowest BCUT2D eigenvalue weighted by molar-refractivity contribution is 0.530. The van der Waals surface area contributed by atoms with Crippen LogP contribution in [0.2, 0.25) is 0 Å². The number of nitrogens with zero attached hydrogens (tertiary/aromatic N) is 1. The van der Waals surface area contributed by atoms with Gasteiger partial charge in [0.15, 0.2) is 0 Å². The van der Waals surface area contributed by atoms with Gasteiger partial charge in [0.25, 0.3) is 0 Å². The lowest BCUT2D eigenvalue weighted by atomic mass is 9.98. The predicted octanol–water partition coefficient (Wildman–Crippen LogP) is 4.63. The highest BCUT2D eigenvalue weighted by Crippen LogP contribution is 2.19. The van der Waals surface area contributed by atoms with Crippen LogP contribution in [0.25, 0.3) is 0 Å². The van der Waals surface area contributed by atoms with Crippen LogP contribution in [0.4, 0.5) is 0 Å². The first-order valence-electron chi connectivity index (χ1n) is 8.16. The molecule has 0 saturated heterocycles. The van der Waals surface area contributed by atoms with E-state index in [2.05, 4.69) is 66.0 Å². The SMILES string of the molecule is N#Cc1cccc(CN[C@@H](Cc2ccccc2)c2ccccc2)c1. The summed E-state index contributed by atoms with van der Waals surface area (Å²) >= 11 is 0. The molecule has 0 spiro atoms. The molecule has 0 aliphatic carbocycles. The van der Waals surface area contributed by atoms with Crippen molar-refractivity contribution in [1.82, 2.24) is 5.32 Å². The van der Waals surface area contributed by atoms with Crippen molar-refractivity contribution in [2.75, 3.05) is 0 Å². The van der Waals surface area contributed by atoms with Crippen LogP contribution < -0.4 is 5.32 Å². The smallest absolute Gasteiger partial charge is 0.0991 e. The molecule has 0 aromatic heterocycles. The minimum absolute atomic E-state index is 0.236. The summed E-state index contributed by atoms with van der Waals surface area (Å²) in [5, 5.41) is 12.7. The van der Waals surface area contributed by atoms with E-state index in [1.807, 2.05) is 30.3 Å². The molecule has 118 valence electrons. The molecule has 0 fully saturated rings. The predicted molar refractivity (Wildman–Crippen MR) is 97.3 cm³/mol. The van der Waals surface area contributed by atoms with E-state index in [1.165, 1.54) is 11.1 Å². The second-order valence-electron chi connectivity index (χ2n) is 5.85. The van der Waals surface area contributed by atoms with Crippen molar-refractivity contribution in [1.29, 1.82) is 5.26 Å². The Hall–Kier alpha value is -2.89. The van der Waals surface area contributed by atoms with Crippen LogP contribution in [0.1, 0.15) is 28.3 Å². The molecule has 3 aromatic rings. The number of benzene rings is 3. The topological polar surface area (TPSA) is 35.8 Å². The molecule has 0 radical (unpaired) electrons. The molecule has 3 aromatic carbocycles. The minimum atomic E-state index is 0.236. The van der Waals surface area contributed by atoms with E-state index >= 15 is 0 Å². The summed E-state index contributed by atoms with van der Waals surface area (Å²) in [6, 6.07) is 31.2. The number of hydrogen-bond acceptors (Lipinski definition) is 2. The Balaban J connectivity index is 1.76. The third-order valence-electron chi connectivity index (χ3n) is 4.09. The largest absolute Gasteiger partial charge is 0.306 e.